The molecule has 1 atom stereocenters. The number of ether oxygens (including phenoxy) is 1. The summed E-state index contributed by atoms with van der Waals surface area (Å²) in [6, 6.07) is 0. The monoisotopic (exact) mass is 229 g/mol. The average Bonchev–Trinajstić information content (AvgIpc) is 2.72. The highest BCUT2D eigenvalue weighted by molar-refractivity contribution is 5.88. The van der Waals surface area contributed by atoms with Crippen LogP contribution in [-0.2, 0) is 16.0 Å². The Morgan fingerprint density at radius 1 is 1.53 bits per heavy atom. The van der Waals surface area contributed by atoms with E-state index in [1.165, 1.54) is 6.33 Å². The Hall–Kier alpha value is -2.01. The quantitative estimate of drug-likeness (QED) is 0.759. The Morgan fingerprint density at radius 2 is 2.41 bits per heavy atom. The summed E-state index contributed by atoms with van der Waals surface area (Å²) in [5, 5.41) is 2.70. The third-order valence-electron chi connectivity index (χ3n) is 2.84. The largest absolute Gasteiger partial charge is 0.358 e. The topological polar surface area (TPSA) is 64.1 Å². The van der Waals surface area contributed by atoms with Gasteiger partial charge in [0.25, 0.3) is 5.91 Å². The molecule has 1 aliphatic heterocycles. The number of nitrogens with one attached hydrogen (secondary N) is 1. The predicted octanol–water partition coefficient (Wildman–Crippen LogP) is 0.445. The van der Waals surface area contributed by atoms with Crippen molar-refractivity contribution in [3.63, 3.8) is 0 Å². The second kappa shape index (κ2) is 3.78. The molecule has 2 heterocycles. The van der Waals surface area contributed by atoms with Crippen molar-refractivity contribution in [2.24, 2.45) is 0 Å². The fraction of sp³-hybridized carbons (Fsp3) is 0.250. The van der Waals surface area contributed by atoms with E-state index in [1.54, 1.807) is 6.20 Å². The molecule has 0 bridgehead atoms. The number of nitrogens with zero attached hydrogens (tertiary/aromatic N) is 2. The molecule has 1 N–H and O–H groups in total. The van der Waals surface area contributed by atoms with Crippen molar-refractivity contribution >= 4 is 12.0 Å². The molecule has 1 aliphatic carbocycles. The Bertz CT molecular complexity index is 536. The van der Waals surface area contributed by atoms with Gasteiger partial charge in [-0.25, -0.2) is 9.97 Å². The lowest BCUT2D eigenvalue weighted by Crippen LogP contribution is -2.43. The van der Waals surface area contributed by atoms with Crippen molar-refractivity contribution in [1.82, 2.24) is 15.3 Å². The van der Waals surface area contributed by atoms with Gasteiger partial charge in [0.2, 0.25) is 0 Å². The summed E-state index contributed by atoms with van der Waals surface area (Å²) in [4.78, 5) is 19.9. The minimum Gasteiger partial charge on any atom is -0.358 e. The molecule has 1 saturated heterocycles. The van der Waals surface area contributed by atoms with Crippen LogP contribution in [0.15, 0.2) is 30.4 Å². The summed E-state index contributed by atoms with van der Waals surface area (Å²) in [5.74, 6) is -0.159. The summed E-state index contributed by atoms with van der Waals surface area (Å²) in [7, 11) is 0. The van der Waals surface area contributed by atoms with E-state index in [9.17, 15) is 4.79 Å². The van der Waals surface area contributed by atoms with Crippen molar-refractivity contribution in [2.75, 3.05) is 6.61 Å². The van der Waals surface area contributed by atoms with Gasteiger partial charge in [-0.1, -0.05) is 6.58 Å². The molecule has 2 aliphatic rings. The first-order chi connectivity index (χ1) is 8.24. The lowest BCUT2D eigenvalue weighted by molar-refractivity contribution is -0.132. The van der Waals surface area contributed by atoms with Crippen LogP contribution in [0.5, 0.6) is 0 Å². The number of fused-ring (bicyclic) bond motifs is 1. The van der Waals surface area contributed by atoms with E-state index in [-0.39, 0.29) is 5.91 Å². The van der Waals surface area contributed by atoms with Crippen LogP contribution in [0.2, 0.25) is 0 Å². The Balaban J connectivity index is 1.84. The molecule has 17 heavy (non-hydrogen) atoms. The van der Waals surface area contributed by atoms with Gasteiger partial charge in [0.1, 0.15) is 6.33 Å². The van der Waals surface area contributed by atoms with Crippen molar-refractivity contribution < 1.29 is 9.53 Å². The maximum Gasteiger partial charge on any atom is 0.257 e. The summed E-state index contributed by atoms with van der Waals surface area (Å²) in [6.45, 7) is 4.02. The molecule has 1 aromatic heterocycles. The summed E-state index contributed by atoms with van der Waals surface area (Å²) < 4.78 is 5.49. The normalized spacial score (nSPS) is 23.1. The van der Waals surface area contributed by atoms with Crippen LogP contribution in [0.4, 0.5) is 0 Å². The molecule has 0 spiro atoms. The number of morpholine rings is 1. The summed E-state index contributed by atoms with van der Waals surface area (Å²) >= 11 is 0. The average molecular weight is 229 g/mol. The lowest BCUT2D eigenvalue weighted by Gasteiger charge is -2.24. The third-order valence-corrected chi connectivity index (χ3v) is 2.84. The second-order valence-corrected chi connectivity index (χ2v) is 4.11. The van der Waals surface area contributed by atoms with Crippen LogP contribution in [-0.4, -0.2) is 28.6 Å². The summed E-state index contributed by atoms with van der Waals surface area (Å²) in [5.41, 5.74) is 3.42. The zero-order valence-electron chi connectivity index (χ0n) is 9.14. The maximum absolute atomic E-state index is 11.8. The number of amides is 1. The van der Waals surface area contributed by atoms with E-state index in [4.69, 9.17) is 4.74 Å². The van der Waals surface area contributed by atoms with Gasteiger partial charge < -0.3 is 10.1 Å². The van der Waals surface area contributed by atoms with Gasteiger partial charge in [-0.15, -0.1) is 0 Å². The number of carbonyl (C=O) groups is 1. The molecule has 0 aromatic carbocycles. The first-order valence-electron chi connectivity index (χ1n) is 5.33. The standard InChI is InChI=1S/C12H11N3O2/c1-7-5-17-11(12(16)15-7)8-2-9-4-13-6-14-10(9)3-8/h3-4,6,11H,1-2,5H2,(H,15,16). The van der Waals surface area contributed by atoms with E-state index in [2.05, 4.69) is 21.9 Å². The first-order valence-corrected chi connectivity index (χ1v) is 5.33. The Labute approximate surface area is 98.2 Å². The minimum atomic E-state index is -0.533. The molecule has 86 valence electrons. The van der Waals surface area contributed by atoms with Gasteiger partial charge in [0.05, 0.1) is 12.3 Å². The molecular formula is C12H11N3O2. The summed E-state index contributed by atoms with van der Waals surface area (Å²) in [6.07, 6.45) is 5.30. The van der Waals surface area contributed by atoms with Crippen molar-refractivity contribution in [1.29, 1.82) is 0 Å². The van der Waals surface area contributed by atoms with Crippen LogP contribution in [0.3, 0.4) is 0 Å². The molecule has 0 saturated carbocycles. The maximum atomic E-state index is 11.8. The third kappa shape index (κ3) is 1.74. The van der Waals surface area contributed by atoms with E-state index >= 15 is 0 Å². The molecule has 1 unspecified atom stereocenters. The zero-order chi connectivity index (χ0) is 11.8. The van der Waals surface area contributed by atoms with Gasteiger partial charge in [-0.3, -0.25) is 4.79 Å². The molecule has 5 nitrogen and oxygen atoms in total. The van der Waals surface area contributed by atoms with E-state index < -0.39 is 6.10 Å². The van der Waals surface area contributed by atoms with Crippen LogP contribution < -0.4 is 5.32 Å². The predicted molar refractivity (Wildman–Crippen MR) is 60.7 cm³/mol. The van der Waals surface area contributed by atoms with Gasteiger partial charge in [0, 0.05) is 23.9 Å². The SMILES string of the molecule is C=C1COC(C2=Cc3ncncc3C2)C(=O)N1. The molecule has 1 fully saturated rings. The highest BCUT2D eigenvalue weighted by Gasteiger charge is 2.31. The lowest BCUT2D eigenvalue weighted by atomic mass is 10.1. The molecule has 5 heteroatoms. The Kier molecular flexibility index (Phi) is 2.26. The van der Waals surface area contributed by atoms with Crippen molar-refractivity contribution in [2.45, 2.75) is 12.5 Å². The number of aromatic nitrogens is 2. The number of hydrogen-bond donors (Lipinski definition) is 1. The Morgan fingerprint density at radius 3 is 3.18 bits per heavy atom. The first kappa shape index (κ1) is 10.2. The number of carbonyl (C=O) groups excluding carboxylic acids is 1. The fourth-order valence-corrected chi connectivity index (χ4v) is 2.06. The van der Waals surface area contributed by atoms with Crippen LogP contribution in [0, 0.1) is 0 Å². The van der Waals surface area contributed by atoms with Crippen molar-refractivity contribution in [3.8, 4) is 0 Å². The van der Waals surface area contributed by atoms with E-state index in [1.807, 2.05) is 6.08 Å². The van der Waals surface area contributed by atoms with Gasteiger partial charge in [0.15, 0.2) is 6.10 Å². The molecule has 1 amide bonds. The van der Waals surface area contributed by atoms with Crippen LogP contribution in [0.25, 0.3) is 6.08 Å². The zero-order valence-corrected chi connectivity index (χ0v) is 9.14. The molecule has 3 rings (SSSR count). The van der Waals surface area contributed by atoms with Gasteiger partial charge >= 0.3 is 0 Å². The number of hydrogen-bond acceptors (Lipinski definition) is 4. The van der Waals surface area contributed by atoms with Crippen molar-refractivity contribution in [3.05, 3.63) is 41.6 Å². The van der Waals surface area contributed by atoms with Crippen LogP contribution >= 0.6 is 0 Å². The van der Waals surface area contributed by atoms with E-state index in [0.717, 1.165) is 16.8 Å². The van der Waals surface area contributed by atoms with Crippen LogP contribution in [0.1, 0.15) is 11.3 Å². The molecular weight excluding hydrogens is 218 g/mol. The fourth-order valence-electron chi connectivity index (χ4n) is 2.06. The van der Waals surface area contributed by atoms with E-state index in [0.29, 0.717) is 18.7 Å². The second-order valence-electron chi connectivity index (χ2n) is 4.11. The van der Waals surface area contributed by atoms with Gasteiger partial charge in [-0.2, -0.15) is 0 Å². The van der Waals surface area contributed by atoms with Gasteiger partial charge in [-0.05, 0) is 11.6 Å². The molecule has 1 aromatic rings. The smallest absolute Gasteiger partial charge is 0.257 e. The minimum absolute atomic E-state index is 0.159. The highest BCUT2D eigenvalue weighted by atomic mass is 16.5. The number of rotatable bonds is 1. The molecule has 0 radical (unpaired) electrons. The highest BCUT2D eigenvalue weighted by Crippen LogP contribution is 2.27.